The van der Waals surface area contributed by atoms with Crippen LogP contribution in [0.1, 0.15) is 56.2 Å². The van der Waals surface area contributed by atoms with E-state index in [1.807, 2.05) is 25.1 Å². The predicted molar refractivity (Wildman–Crippen MR) is 118 cm³/mol. The fourth-order valence-corrected chi connectivity index (χ4v) is 3.99. The molecule has 2 aromatic heterocycles. The van der Waals surface area contributed by atoms with Crippen molar-refractivity contribution in [3.05, 3.63) is 76.5 Å². The lowest BCUT2D eigenvalue weighted by Gasteiger charge is -2.13. The van der Waals surface area contributed by atoms with Crippen LogP contribution in [0.4, 0.5) is 0 Å². The van der Waals surface area contributed by atoms with E-state index >= 15 is 0 Å². The molecule has 3 aromatic rings. The van der Waals surface area contributed by atoms with Gasteiger partial charge in [0.25, 0.3) is 11.8 Å². The number of amides is 2. The molecule has 9 heteroatoms. The molecule has 2 aliphatic rings. The Kier molecular flexibility index (Phi) is 5.52. The third-order valence-corrected chi connectivity index (χ3v) is 5.64. The number of benzene rings is 1. The number of fused-ring (bicyclic) bond motifs is 2. The molecule has 1 aliphatic carbocycles. The van der Waals surface area contributed by atoms with E-state index in [9.17, 15) is 9.59 Å². The van der Waals surface area contributed by atoms with Crippen LogP contribution >= 0.6 is 0 Å². The van der Waals surface area contributed by atoms with Gasteiger partial charge >= 0.3 is 0 Å². The first kappa shape index (κ1) is 20.7. The molecule has 2 N–H and O–H groups in total. The molecule has 2 amide bonds. The van der Waals surface area contributed by atoms with Gasteiger partial charge in [0.2, 0.25) is 6.79 Å². The highest BCUT2D eigenvalue weighted by atomic mass is 16.7. The van der Waals surface area contributed by atoms with Gasteiger partial charge in [0.05, 0.1) is 11.3 Å². The highest BCUT2D eigenvalue weighted by Gasteiger charge is 2.28. The quantitative estimate of drug-likeness (QED) is 0.582. The van der Waals surface area contributed by atoms with Crippen LogP contribution in [-0.2, 0) is 13.0 Å². The Morgan fingerprint density at radius 2 is 2.00 bits per heavy atom. The number of nitrogens with zero attached hydrogens (tertiary/aromatic N) is 2. The van der Waals surface area contributed by atoms with Crippen LogP contribution < -0.4 is 20.2 Å². The van der Waals surface area contributed by atoms with Crippen molar-refractivity contribution in [3.63, 3.8) is 0 Å². The summed E-state index contributed by atoms with van der Waals surface area (Å²) in [7, 11) is 0. The number of hydrazone groups is 1. The van der Waals surface area contributed by atoms with E-state index in [0.717, 1.165) is 17.5 Å². The van der Waals surface area contributed by atoms with E-state index in [1.54, 1.807) is 18.3 Å². The largest absolute Gasteiger partial charge is 0.455 e. The molecule has 0 saturated carbocycles. The number of aromatic nitrogens is 1. The lowest BCUT2D eigenvalue weighted by molar-refractivity contribution is 0.0919. The maximum absolute atomic E-state index is 12.9. The fraction of sp³-hybridized carbons (Fsp3) is 0.250. The van der Waals surface area contributed by atoms with Crippen molar-refractivity contribution < 1.29 is 23.5 Å². The average Bonchev–Trinajstić information content (AvgIpc) is 3.45. The number of nitrogens with one attached hydrogen (secondary N) is 2. The van der Waals surface area contributed by atoms with Crippen LogP contribution in [0.15, 0.2) is 52.2 Å². The second kappa shape index (κ2) is 8.78. The Morgan fingerprint density at radius 3 is 2.85 bits per heavy atom. The average molecular weight is 446 g/mol. The molecule has 0 saturated heterocycles. The molecule has 0 bridgehead atoms. The molecule has 168 valence electrons. The lowest BCUT2D eigenvalue weighted by atomic mass is 9.93. The molecule has 0 atom stereocenters. The Labute approximate surface area is 189 Å². The number of carbonyl (C=O) groups is 2. The second-order valence-electron chi connectivity index (χ2n) is 7.82. The zero-order chi connectivity index (χ0) is 22.8. The van der Waals surface area contributed by atoms with Crippen LogP contribution in [0.3, 0.4) is 0 Å². The molecule has 3 heterocycles. The SMILES string of the molecule is Cc1c(C(=O)NCc2ccc3c(c2)OCO3)oc2c1/C(=N/NC(=O)c1cccnc1)CCC2. The van der Waals surface area contributed by atoms with Gasteiger partial charge in [0.1, 0.15) is 5.76 Å². The predicted octanol–water partition coefficient (Wildman–Crippen LogP) is 3.11. The molecular weight excluding hydrogens is 424 g/mol. The van der Waals surface area contributed by atoms with Crippen LogP contribution in [-0.4, -0.2) is 29.3 Å². The van der Waals surface area contributed by atoms with Crippen molar-refractivity contribution in [2.24, 2.45) is 5.10 Å². The Bertz CT molecular complexity index is 1250. The van der Waals surface area contributed by atoms with E-state index in [2.05, 4.69) is 20.8 Å². The summed E-state index contributed by atoms with van der Waals surface area (Å²) >= 11 is 0. The van der Waals surface area contributed by atoms with E-state index in [1.165, 1.54) is 6.20 Å². The Balaban J connectivity index is 1.31. The van der Waals surface area contributed by atoms with Crippen molar-refractivity contribution in [2.75, 3.05) is 6.79 Å². The minimum atomic E-state index is -0.342. The van der Waals surface area contributed by atoms with Crippen LogP contribution in [0, 0.1) is 6.92 Å². The van der Waals surface area contributed by atoms with Crippen LogP contribution in [0.2, 0.25) is 0 Å². The number of ether oxygens (including phenoxy) is 2. The zero-order valence-corrected chi connectivity index (χ0v) is 18.0. The van der Waals surface area contributed by atoms with Gasteiger partial charge in [0.15, 0.2) is 17.3 Å². The van der Waals surface area contributed by atoms with Gasteiger partial charge in [-0.3, -0.25) is 14.6 Å². The summed E-state index contributed by atoms with van der Waals surface area (Å²) in [6.45, 7) is 2.36. The summed E-state index contributed by atoms with van der Waals surface area (Å²) in [5.41, 5.74) is 6.10. The summed E-state index contributed by atoms with van der Waals surface area (Å²) in [5, 5.41) is 7.23. The standard InChI is InChI=1S/C24H22N4O5/c1-14-21-17(27-28-23(29)16-4-3-9-25-12-16)5-2-6-19(21)33-22(14)24(30)26-11-15-7-8-18-20(10-15)32-13-31-18/h3-4,7-10,12H,2,5-6,11,13H2,1H3,(H,26,30)(H,28,29)/b27-17+. The third-order valence-electron chi connectivity index (χ3n) is 5.64. The lowest BCUT2D eigenvalue weighted by Crippen LogP contribution is -2.23. The molecule has 9 nitrogen and oxygen atoms in total. The van der Waals surface area contributed by atoms with Crippen molar-refractivity contribution in [1.82, 2.24) is 15.7 Å². The number of carbonyl (C=O) groups excluding carboxylic acids is 2. The summed E-state index contributed by atoms with van der Waals surface area (Å²) in [6, 6.07) is 8.90. The smallest absolute Gasteiger partial charge is 0.287 e. The van der Waals surface area contributed by atoms with Gasteiger partial charge in [-0.15, -0.1) is 0 Å². The molecule has 0 fully saturated rings. The summed E-state index contributed by atoms with van der Waals surface area (Å²) in [4.78, 5) is 29.1. The van der Waals surface area contributed by atoms with Gasteiger partial charge in [-0.1, -0.05) is 6.07 Å². The Hall–Kier alpha value is -4.14. The number of rotatable bonds is 5. The number of aryl methyl sites for hydroxylation is 1. The molecule has 1 aromatic carbocycles. The van der Waals surface area contributed by atoms with Crippen molar-refractivity contribution >= 4 is 17.5 Å². The maximum Gasteiger partial charge on any atom is 0.287 e. The summed E-state index contributed by atoms with van der Waals surface area (Å²) < 4.78 is 16.6. The molecule has 33 heavy (non-hydrogen) atoms. The van der Waals surface area contributed by atoms with E-state index in [-0.39, 0.29) is 24.4 Å². The molecule has 0 radical (unpaired) electrons. The molecule has 5 rings (SSSR count). The van der Waals surface area contributed by atoms with Crippen molar-refractivity contribution in [1.29, 1.82) is 0 Å². The summed E-state index contributed by atoms with van der Waals surface area (Å²) in [5.74, 6) is 1.68. The van der Waals surface area contributed by atoms with Gasteiger partial charge in [-0.05, 0) is 49.6 Å². The van der Waals surface area contributed by atoms with E-state index < -0.39 is 0 Å². The number of hydrogen-bond acceptors (Lipinski definition) is 7. The van der Waals surface area contributed by atoms with Crippen molar-refractivity contribution in [2.45, 2.75) is 32.7 Å². The summed E-state index contributed by atoms with van der Waals surface area (Å²) in [6.07, 6.45) is 5.29. The van der Waals surface area contributed by atoms with Gasteiger partial charge in [0, 0.05) is 36.5 Å². The number of pyridine rings is 1. The topological polar surface area (TPSA) is 115 Å². The minimum Gasteiger partial charge on any atom is -0.455 e. The first-order valence-corrected chi connectivity index (χ1v) is 10.7. The van der Waals surface area contributed by atoms with E-state index in [0.29, 0.717) is 53.5 Å². The van der Waals surface area contributed by atoms with E-state index in [4.69, 9.17) is 13.9 Å². The highest BCUT2D eigenvalue weighted by Crippen LogP contribution is 2.33. The monoisotopic (exact) mass is 446 g/mol. The second-order valence-corrected chi connectivity index (χ2v) is 7.82. The van der Waals surface area contributed by atoms with Gasteiger partial charge < -0.3 is 19.2 Å². The van der Waals surface area contributed by atoms with Gasteiger partial charge in [-0.25, -0.2) is 5.43 Å². The van der Waals surface area contributed by atoms with Gasteiger partial charge in [-0.2, -0.15) is 5.10 Å². The highest BCUT2D eigenvalue weighted by molar-refractivity contribution is 6.07. The normalized spacial score (nSPS) is 15.2. The zero-order valence-electron chi connectivity index (χ0n) is 18.0. The molecule has 1 aliphatic heterocycles. The number of hydrogen-bond donors (Lipinski definition) is 2. The maximum atomic E-state index is 12.9. The first-order chi connectivity index (χ1) is 16.1. The van der Waals surface area contributed by atoms with Crippen LogP contribution in [0.25, 0.3) is 0 Å². The Morgan fingerprint density at radius 1 is 1.12 bits per heavy atom. The molecular formula is C24H22N4O5. The van der Waals surface area contributed by atoms with Crippen LogP contribution in [0.5, 0.6) is 11.5 Å². The molecule has 0 spiro atoms. The number of furan rings is 1. The minimum absolute atomic E-state index is 0.203. The third kappa shape index (κ3) is 4.17. The van der Waals surface area contributed by atoms with Crippen molar-refractivity contribution in [3.8, 4) is 11.5 Å². The molecule has 0 unspecified atom stereocenters. The fourth-order valence-electron chi connectivity index (χ4n) is 3.99. The first-order valence-electron chi connectivity index (χ1n) is 10.7.